The van der Waals surface area contributed by atoms with Crippen LogP contribution < -0.4 is 11.3 Å². The zero-order chi connectivity index (χ0) is 30.9. The summed E-state index contributed by atoms with van der Waals surface area (Å²) in [6.07, 6.45) is 0. The van der Waals surface area contributed by atoms with Gasteiger partial charge in [-0.1, -0.05) is 170 Å². The maximum absolute atomic E-state index is 6.38. The van der Waals surface area contributed by atoms with E-state index in [9.17, 15) is 0 Å². The number of anilines is 1. The van der Waals surface area contributed by atoms with Crippen molar-refractivity contribution in [2.45, 2.75) is 0 Å². The summed E-state index contributed by atoms with van der Waals surface area (Å²) in [6.45, 7) is 0. The third-order valence-corrected chi connectivity index (χ3v) is 9.00. The van der Waals surface area contributed by atoms with Gasteiger partial charge in [0.25, 0.3) is 0 Å². The maximum atomic E-state index is 6.38. The van der Waals surface area contributed by atoms with Crippen LogP contribution in [0.4, 0.5) is 5.69 Å². The van der Waals surface area contributed by atoms with Crippen LogP contribution >= 0.6 is 0 Å². The Balaban J connectivity index is 1.50. The molecule has 0 bridgehead atoms. The molecular weight excluding hydrogens is 556 g/mol. The van der Waals surface area contributed by atoms with Gasteiger partial charge >= 0.3 is 0 Å². The van der Waals surface area contributed by atoms with Crippen molar-refractivity contribution in [3.05, 3.63) is 176 Å². The topological polar surface area (TPSA) is 38.0 Å². The third-order valence-electron chi connectivity index (χ3n) is 9.00. The Kier molecular flexibility index (Phi) is 7.11. The minimum atomic E-state index is 0.870. The Morgan fingerprint density at radius 3 is 1.30 bits per heavy atom. The fourth-order valence-corrected chi connectivity index (χ4v) is 6.93. The van der Waals surface area contributed by atoms with Crippen LogP contribution in [0, 0.1) is 0 Å². The molecule has 0 spiro atoms. The van der Waals surface area contributed by atoms with Gasteiger partial charge in [-0.2, -0.15) is 0 Å². The van der Waals surface area contributed by atoms with Gasteiger partial charge in [-0.3, -0.25) is 5.84 Å². The van der Waals surface area contributed by atoms with Crippen molar-refractivity contribution in [3.63, 3.8) is 0 Å². The summed E-state index contributed by atoms with van der Waals surface area (Å²) in [6, 6.07) is 62.8. The number of hydrogen-bond acceptors (Lipinski definition) is 2. The van der Waals surface area contributed by atoms with Crippen molar-refractivity contribution in [2.24, 2.45) is 5.84 Å². The van der Waals surface area contributed by atoms with E-state index < -0.39 is 0 Å². The molecule has 46 heavy (non-hydrogen) atoms. The van der Waals surface area contributed by atoms with E-state index in [-0.39, 0.29) is 0 Å². The number of nitrogens with two attached hydrogens (primary N) is 1. The normalized spacial score (nSPS) is 11.2. The lowest BCUT2D eigenvalue weighted by molar-refractivity contribution is 1.35. The van der Waals surface area contributed by atoms with Crippen molar-refractivity contribution >= 4 is 27.2 Å². The second-order valence-electron chi connectivity index (χ2n) is 11.6. The van der Waals surface area contributed by atoms with Crippen LogP contribution in [-0.4, -0.2) is 0 Å². The van der Waals surface area contributed by atoms with Crippen molar-refractivity contribution < 1.29 is 0 Å². The molecule has 0 saturated heterocycles. The molecule has 2 heteroatoms. The Bertz CT molecular complexity index is 2340. The van der Waals surface area contributed by atoms with E-state index in [4.69, 9.17) is 5.84 Å². The predicted molar refractivity (Wildman–Crippen MR) is 196 cm³/mol. The van der Waals surface area contributed by atoms with Crippen LogP contribution in [0.5, 0.6) is 0 Å². The van der Waals surface area contributed by atoms with E-state index in [0.29, 0.717) is 0 Å². The number of benzene rings is 8. The molecule has 0 heterocycles. The fraction of sp³-hybridized carbons (Fsp3) is 0. The average Bonchev–Trinajstić information content (AvgIpc) is 3.14. The standard InChI is InChI=1S/C44H32N2/c45-46-42-29-28-35(32-14-2-1-3-15-32)43(40-24-10-8-22-38(40)36-26-12-18-30-16-4-6-20-33(30)36)44(42)41-25-11-9-23-39(41)37-27-13-19-31-17-5-7-21-34(31)37/h1-29,46H,45H2. The van der Waals surface area contributed by atoms with Gasteiger partial charge in [0.2, 0.25) is 0 Å². The van der Waals surface area contributed by atoms with Crippen LogP contribution in [0.2, 0.25) is 0 Å². The SMILES string of the molecule is NNc1ccc(-c2ccccc2)c(-c2ccccc2-c2cccc3ccccc23)c1-c1ccccc1-c1cccc2ccccc12. The lowest BCUT2D eigenvalue weighted by Gasteiger charge is -2.24. The number of nitrogens with one attached hydrogen (secondary N) is 1. The van der Waals surface area contributed by atoms with Crippen molar-refractivity contribution in [3.8, 4) is 55.6 Å². The van der Waals surface area contributed by atoms with Crippen LogP contribution in [0.1, 0.15) is 0 Å². The largest absolute Gasteiger partial charge is 0.323 e. The predicted octanol–water partition coefficient (Wildman–Crippen LogP) is 11.6. The monoisotopic (exact) mass is 588 g/mol. The zero-order valence-corrected chi connectivity index (χ0v) is 25.3. The quantitative estimate of drug-likeness (QED) is 0.150. The molecule has 0 aliphatic heterocycles. The lowest BCUT2D eigenvalue weighted by Crippen LogP contribution is -2.09. The lowest BCUT2D eigenvalue weighted by atomic mass is 9.81. The molecule has 2 nitrogen and oxygen atoms in total. The molecule has 0 fully saturated rings. The molecule has 8 rings (SSSR count). The first-order valence-electron chi connectivity index (χ1n) is 15.7. The highest BCUT2D eigenvalue weighted by atomic mass is 15.2. The van der Waals surface area contributed by atoms with Gasteiger partial charge in [0, 0.05) is 11.1 Å². The number of rotatable bonds is 6. The number of nitrogen functional groups attached to an aromatic ring is 1. The van der Waals surface area contributed by atoms with Crippen LogP contribution in [0.3, 0.4) is 0 Å². The zero-order valence-electron chi connectivity index (χ0n) is 25.3. The van der Waals surface area contributed by atoms with Gasteiger partial charge in [-0.25, -0.2) is 0 Å². The molecule has 0 amide bonds. The summed E-state index contributed by atoms with van der Waals surface area (Å²) in [5, 5.41) is 4.88. The van der Waals surface area contributed by atoms with E-state index in [1.54, 1.807) is 0 Å². The average molecular weight is 589 g/mol. The highest BCUT2D eigenvalue weighted by Crippen LogP contribution is 2.50. The van der Waals surface area contributed by atoms with E-state index in [1.807, 2.05) is 0 Å². The van der Waals surface area contributed by atoms with Gasteiger partial charge < -0.3 is 5.43 Å². The summed E-state index contributed by atoms with van der Waals surface area (Å²) in [5.74, 6) is 6.38. The Morgan fingerprint density at radius 2 is 0.739 bits per heavy atom. The summed E-state index contributed by atoms with van der Waals surface area (Å²) in [4.78, 5) is 0. The molecule has 8 aromatic carbocycles. The minimum absolute atomic E-state index is 0.870. The molecule has 0 saturated carbocycles. The molecule has 0 aliphatic rings. The van der Waals surface area contributed by atoms with Gasteiger partial charge in [0.15, 0.2) is 0 Å². The summed E-state index contributed by atoms with van der Waals surface area (Å²) in [7, 11) is 0. The first-order chi connectivity index (χ1) is 22.8. The summed E-state index contributed by atoms with van der Waals surface area (Å²) < 4.78 is 0. The Morgan fingerprint density at radius 1 is 0.304 bits per heavy atom. The molecule has 0 aliphatic carbocycles. The van der Waals surface area contributed by atoms with Crippen molar-refractivity contribution in [1.82, 2.24) is 0 Å². The second kappa shape index (κ2) is 11.9. The first-order valence-corrected chi connectivity index (χ1v) is 15.7. The minimum Gasteiger partial charge on any atom is -0.323 e. The molecule has 8 aromatic rings. The van der Waals surface area contributed by atoms with Crippen LogP contribution in [-0.2, 0) is 0 Å². The Labute approximate surface area is 269 Å². The molecule has 0 radical (unpaired) electrons. The number of hydrogen-bond donors (Lipinski definition) is 2. The molecule has 0 aromatic heterocycles. The van der Waals surface area contributed by atoms with E-state index in [0.717, 1.165) is 44.6 Å². The third kappa shape index (κ3) is 4.73. The van der Waals surface area contributed by atoms with Gasteiger partial charge in [-0.15, -0.1) is 0 Å². The smallest absolute Gasteiger partial charge is 0.0570 e. The van der Waals surface area contributed by atoms with Gasteiger partial charge in [0.1, 0.15) is 0 Å². The van der Waals surface area contributed by atoms with Crippen LogP contribution in [0.15, 0.2) is 176 Å². The van der Waals surface area contributed by atoms with Gasteiger partial charge in [0.05, 0.1) is 5.69 Å². The highest BCUT2D eigenvalue weighted by molar-refractivity contribution is 6.10. The van der Waals surface area contributed by atoms with E-state index in [1.165, 1.54) is 38.2 Å². The van der Waals surface area contributed by atoms with E-state index in [2.05, 4.69) is 181 Å². The number of hydrazine groups is 1. The summed E-state index contributed by atoms with van der Waals surface area (Å²) in [5.41, 5.74) is 15.5. The molecule has 3 N–H and O–H groups in total. The van der Waals surface area contributed by atoms with Crippen molar-refractivity contribution in [1.29, 1.82) is 0 Å². The van der Waals surface area contributed by atoms with E-state index >= 15 is 0 Å². The molecule has 0 atom stereocenters. The maximum Gasteiger partial charge on any atom is 0.0570 e. The molecule has 0 unspecified atom stereocenters. The number of fused-ring (bicyclic) bond motifs is 2. The Hall–Kier alpha value is -5.96. The molecular formula is C44H32N2. The second-order valence-corrected chi connectivity index (χ2v) is 11.6. The van der Waals surface area contributed by atoms with Crippen molar-refractivity contribution in [2.75, 3.05) is 5.43 Å². The fourth-order valence-electron chi connectivity index (χ4n) is 6.93. The summed E-state index contributed by atoms with van der Waals surface area (Å²) >= 11 is 0. The first kappa shape index (κ1) is 27.6. The highest BCUT2D eigenvalue weighted by Gasteiger charge is 2.23. The molecule has 218 valence electrons. The van der Waals surface area contributed by atoms with Gasteiger partial charge in [-0.05, 0) is 72.1 Å². The van der Waals surface area contributed by atoms with Crippen LogP contribution in [0.25, 0.3) is 77.2 Å².